The highest BCUT2D eigenvalue weighted by atomic mass is 16.5. The first-order chi connectivity index (χ1) is 27.1. The van der Waals surface area contributed by atoms with Gasteiger partial charge in [0.1, 0.15) is 34.0 Å². The largest absolute Gasteiger partial charge is 0.456 e. The van der Waals surface area contributed by atoms with Gasteiger partial charge in [0.15, 0.2) is 11.4 Å². The molecule has 1 atom stereocenters. The number of para-hydroxylation sites is 2. The second kappa shape index (κ2) is 9.20. The average Bonchev–Trinajstić information content (AvgIpc) is 3.44. The molecule has 14 rings (SSSR count). The Kier molecular flexibility index (Phi) is 4.77. The van der Waals surface area contributed by atoms with E-state index in [4.69, 9.17) is 4.74 Å². The summed E-state index contributed by atoms with van der Waals surface area (Å²) in [6.07, 6.45) is 4.62. The molecule has 55 heavy (non-hydrogen) atoms. The number of pyridine rings is 2. The Morgan fingerprint density at radius 2 is 1.02 bits per heavy atom. The van der Waals surface area contributed by atoms with E-state index in [0.29, 0.717) is 0 Å². The fourth-order valence-electron chi connectivity index (χ4n) is 11.2. The van der Waals surface area contributed by atoms with Crippen molar-refractivity contribution in [2.45, 2.75) is 24.9 Å². The SMILES string of the molecule is CC1(C)c2cccc3c2N2c4c1ccc1c4C4(c5c(ccc6c5N(c5ccccc5-c5ccccc5-6)c5cccc[n+]54)O1)[n+]1cccc(c12)-c1ccccc1-3. The van der Waals surface area contributed by atoms with Gasteiger partial charge < -0.3 is 4.74 Å². The third-order valence-electron chi connectivity index (χ3n) is 13.4. The summed E-state index contributed by atoms with van der Waals surface area (Å²) in [5, 5.41) is 0. The topological polar surface area (TPSA) is 23.5 Å². The Morgan fingerprint density at radius 3 is 1.82 bits per heavy atom. The second-order valence-corrected chi connectivity index (χ2v) is 16.1. The van der Waals surface area contributed by atoms with Gasteiger partial charge in [0.25, 0.3) is 11.6 Å². The molecule has 0 saturated heterocycles. The van der Waals surface area contributed by atoms with E-state index in [1.807, 2.05) is 0 Å². The molecule has 0 saturated carbocycles. The Balaban J connectivity index is 1.25. The van der Waals surface area contributed by atoms with E-state index in [0.717, 1.165) is 40.1 Å². The first-order valence-electron chi connectivity index (χ1n) is 19.2. The molecule has 6 aromatic carbocycles. The van der Waals surface area contributed by atoms with E-state index in [9.17, 15) is 0 Å². The number of fused-ring (bicyclic) bond motifs is 10. The number of hydrogen-bond acceptors (Lipinski definition) is 3. The van der Waals surface area contributed by atoms with Gasteiger partial charge in [-0.1, -0.05) is 111 Å². The molecule has 6 aliphatic heterocycles. The Morgan fingerprint density at radius 1 is 0.436 bits per heavy atom. The smallest absolute Gasteiger partial charge is 0.321 e. The summed E-state index contributed by atoms with van der Waals surface area (Å²) < 4.78 is 12.4. The van der Waals surface area contributed by atoms with Crippen LogP contribution in [0.4, 0.5) is 34.4 Å². The summed E-state index contributed by atoms with van der Waals surface area (Å²) in [6.45, 7) is 4.80. The van der Waals surface area contributed by atoms with E-state index in [1.54, 1.807) is 0 Å². The summed E-state index contributed by atoms with van der Waals surface area (Å²) in [6, 6.07) is 54.0. The van der Waals surface area contributed by atoms with Crippen molar-refractivity contribution in [2.75, 3.05) is 9.80 Å². The third-order valence-corrected chi connectivity index (χ3v) is 13.4. The van der Waals surface area contributed by atoms with Crippen LogP contribution in [0.1, 0.15) is 36.1 Å². The van der Waals surface area contributed by atoms with Gasteiger partial charge in [0.05, 0.1) is 18.0 Å². The van der Waals surface area contributed by atoms with Crippen LogP contribution < -0.4 is 23.7 Å². The van der Waals surface area contributed by atoms with Crippen LogP contribution >= 0.6 is 0 Å². The first kappa shape index (κ1) is 28.5. The quantitative estimate of drug-likeness (QED) is 0.147. The molecule has 8 heterocycles. The number of aromatic nitrogens is 2. The highest BCUT2D eigenvalue weighted by Crippen LogP contribution is 2.68. The predicted molar refractivity (Wildman–Crippen MR) is 215 cm³/mol. The molecule has 5 nitrogen and oxygen atoms in total. The lowest BCUT2D eigenvalue weighted by Gasteiger charge is -2.49. The van der Waals surface area contributed by atoms with Gasteiger partial charge in [-0.25, -0.2) is 0 Å². The van der Waals surface area contributed by atoms with Crippen molar-refractivity contribution in [1.29, 1.82) is 0 Å². The second-order valence-electron chi connectivity index (χ2n) is 16.1. The number of rotatable bonds is 0. The maximum atomic E-state index is 7.27. The molecular weight excluding hydrogens is 673 g/mol. The number of anilines is 6. The third kappa shape index (κ3) is 2.97. The van der Waals surface area contributed by atoms with Gasteiger partial charge in [-0.15, -0.1) is 0 Å². The van der Waals surface area contributed by atoms with Crippen LogP contribution in [0.15, 0.2) is 158 Å². The Hall–Kier alpha value is -6.98. The van der Waals surface area contributed by atoms with E-state index in [-0.39, 0.29) is 5.41 Å². The van der Waals surface area contributed by atoms with Gasteiger partial charge in [-0.05, 0) is 64.7 Å². The highest BCUT2D eigenvalue weighted by molar-refractivity contribution is 6.07. The number of ether oxygens (including phenoxy) is 1. The molecule has 6 aliphatic rings. The minimum Gasteiger partial charge on any atom is -0.456 e. The van der Waals surface area contributed by atoms with E-state index >= 15 is 0 Å². The summed E-state index contributed by atoms with van der Waals surface area (Å²) >= 11 is 0. The lowest BCUT2D eigenvalue weighted by Crippen LogP contribution is -2.79. The van der Waals surface area contributed by atoms with Crippen molar-refractivity contribution in [3.05, 3.63) is 180 Å². The lowest BCUT2D eigenvalue weighted by molar-refractivity contribution is -0.962. The fraction of sp³-hybridized carbons (Fsp3) is 0.0800. The summed E-state index contributed by atoms with van der Waals surface area (Å²) in [4.78, 5) is 5.10. The molecule has 0 fully saturated rings. The molecule has 5 heteroatoms. The molecular formula is C50H32N4O+2. The van der Waals surface area contributed by atoms with Gasteiger partial charge in [-0.2, -0.15) is 18.9 Å². The minimum absolute atomic E-state index is 0.291. The maximum absolute atomic E-state index is 7.27. The monoisotopic (exact) mass is 704 g/mol. The molecule has 0 radical (unpaired) electrons. The summed E-state index contributed by atoms with van der Waals surface area (Å²) in [7, 11) is 0. The van der Waals surface area contributed by atoms with Gasteiger partial charge in [0, 0.05) is 39.3 Å². The standard InChI is InChI=1S/C50H32N4O/c1-49(2)37-20-11-18-34-31-15-5-6-16-32(31)36-19-12-28-52-48(36)54(45(34)37)47-38(49)24-26-41-44(47)50(52)43-40(55-41)25-23-35-30-14-4-3-13-29(30)33-17-7-8-21-39(33)53(46(35)43)42-22-9-10-27-51(42)50/h3-28H,1-2H3/q+2. The summed E-state index contributed by atoms with van der Waals surface area (Å²) in [5.74, 6) is 4.03. The van der Waals surface area contributed by atoms with Gasteiger partial charge in [-0.3, -0.25) is 0 Å². The molecule has 0 bridgehead atoms. The normalized spacial score (nSPS) is 17.9. The molecule has 0 aliphatic carbocycles. The van der Waals surface area contributed by atoms with E-state index in [1.165, 1.54) is 72.6 Å². The maximum Gasteiger partial charge on any atom is 0.321 e. The van der Waals surface area contributed by atoms with Crippen LogP contribution in [-0.4, -0.2) is 0 Å². The molecule has 0 amide bonds. The van der Waals surface area contributed by atoms with Crippen molar-refractivity contribution in [3.8, 4) is 56.0 Å². The molecule has 2 aromatic heterocycles. The Labute approximate surface area is 318 Å². The van der Waals surface area contributed by atoms with Crippen molar-refractivity contribution >= 4 is 34.4 Å². The highest BCUT2D eigenvalue weighted by Gasteiger charge is 2.69. The minimum atomic E-state index is -0.843. The zero-order valence-corrected chi connectivity index (χ0v) is 30.2. The van der Waals surface area contributed by atoms with Crippen molar-refractivity contribution in [1.82, 2.24) is 0 Å². The Bertz CT molecular complexity index is 3140. The van der Waals surface area contributed by atoms with Crippen molar-refractivity contribution in [2.24, 2.45) is 0 Å². The van der Waals surface area contributed by atoms with Crippen LogP contribution in [0.2, 0.25) is 0 Å². The van der Waals surface area contributed by atoms with Crippen LogP contribution in [0.25, 0.3) is 44.5 Å². The zero-order chi connectivity index (χ0) is 35.9. The molecule has 0 N–H and O–H groups in total. The zero-order valence-electron chi connectivity index (χ0n) is 30.2. The van der Waals surface area contributed by atoms with E-state index < -0.39 is 5.66 Å². The first-order valence-corrected chi connectivity index (χ1v) is 19.2. The van der Waals surface area contributed by atoms with Gasteiger partial charge >= 0.3 is 5.66 Å². The van der Waals surface area contributed by atoms with Crippen LogP contribution in [0, 0.1) is 0 Å². The lowest BCUT2D eigenvalue weighted by atomic mass is 9.69. The molecule has 1 spiro atoms. The average molecular weight is 705 g/mol. The van der Waals surface area contributed by atoms with Crippen LogP contribution in [0.5, 0.6) is 11.5 Å². The molecule has 256 valence electrons. The number of hydrogen-bond donors (Lipinski definition) is 0. The van der Waals surface area contributed by atoms with Crippen molar-refractivity contribution in [3.63, 3.8) is 0 Å². The number of nitrogens with zero attached hydrogens (tertiary/aromatic N) is 4. The molecule has 1 unspecified atom stereocenters. The van der Waals surface area contributed by atoms with Crippen LogP contribution in [0.3, 0.4) is 0 Å². The fourth-order valence-corrected chi connectivity index (χ4v) is 11.2. The predicted octanol–water partition coefficient (Wildman–Crippen LogP) is 11.2. The van der Waals surface area contributed by atoms with Crippen LogP contribution in [-0.2, 0) is 11.1 Å². The summed E-state index contributed by atoms with van der Waals surface area (Å²) in [5.41, 5.74) is 18.4. The molecule has 8 aromatic rings. The van der Waals surface area contributed by atoms with E-state index in [2.05, 4.69) is 191 Å². The van der Waals surface area contributed by atoms with Crippen molar-refractivity contribution < 1.29 is 13.9 Å². The van der Waals surface area contributed by atoms with Gasteiger partial charge in [0.2, 0.25) is 0 Å². The number of benzene rings is 6.